The molecule has 3 aromatic carbocycles. The quantitative estimate of drug-likeness (QED) is 0.428. The van der Waals surface area contributed by atoms with E-state index in [9.17, 15) is 9.90 Å². The molecule has 4 aromatic rings. The summed E-state index contributed by atoms with van der Waals surface area (Å²) in [5.41, 5.74) is 4.58. The third kappa shape index (κ3) is 4.60. The van der Waals surface area contributed by atoms with Crippen molar-refractivity contribution in [3.05, 3.63) is 101 Å². The highest BCUT2D eigenvalue weighted by Crippen LogP contribution is 2.27. The van der Waals surface area contributed by atoms with Gasteiger partial charge in [0.1, 0.15) is 0 Å². The van der Waals surface area contributed by atoms with Crippen LogP contribution in [0.25, 0.3) is 11.4 Å². The van der Waals surface area contributed by atoms with E-state index >= 15 is 0 Å². The van der Waals surface area contributed by atoms with Gasteiger partial charge in [0, 0.05) is 11.3 Å². The minimum atomic E-state index is -1.17. The summed E-state index contributed by atoms with van der Waals surface area (Å²) in [5, 5.41) is 20.7. The minimum Gasteiger partial charge on any atom is -0.545 e. The van der Waals surface area contributed by atoms with Gasteiger partial charge in [0.05, 0.1) is 12.5 Å². The van der Waals surface area contributed by atoms with Gasteiger partial charge in [-0.3, -0.25) is 4.57 Å². The molecule has 4 rings (SSSR count). The molecule has 0 fully saturated rings. The monoisotopic (exact) mass is 414 g/mol. The maximum atomic E-state index is 10.9. The van der Waals surface area contributed by atoms with Crippen LogP contribution in [0.2, 0.25) is 0 Å². The maximum Gasteiger partial charge on any atom is 0.192 e. The number of carbonyl (C=O) groups excluding carboxylic acids is 1. The van der Waals surface area contributed by atoms with Crippen molar-refractivity contribution in [1.29, 1.82) is 0 Å². The molecular weight excluding hydrogens is 394 g/mol. The van der Waals surface area contributed by atoms with Crippen LogP contribution in [-0.2, 0) is 12.3 Å². The van der Waals surface area contributed by atoms with Gasteiger partial charge in [0.15, 0.2) is 11.0 Å². The van der Waals surface area contributed by atoms with Crippen molar-refractivity contribution in [2.45, 2.75) is 24.4 Å². The van der Waals surface area contributed by atoms with E-state index in [0.29, 0.717) is 12.3 Å². The first kappa shape index (κ1) is 19.9. The first-order valence-electron chi connectivity index (χ1n) is 9.57. The number of hydrogen-bond donors (Lipinski definition) is 0. The third-order valence-corrected chi connectivity index (χ3v) is 5.81. The van der Waals surface area contributed by atoms with Gasteiger partial charge in [-0.05, 0) is 23.6 Å². The summed E-state index contributed by atoms with van der Waals surface area (Å²) in [7, 11) is 0. The van der Waals surface area contributed by atoms with Gasteiger partial charge < -0.3 is 9.90 Å². The molecular formula is C24H20N3O2S-. The number of aromatic carboxylic acids is 1. The van der Waals surface area contributed by atoms with Crippen molar-refractivity contribution in [2.75, 3.05) is 0 Å². The van der Waals surface area contributed by atoms with Crippen molar-refractivity contribution in [3.8, 4) is 11.4 Å². The Labute approximate surface area is 179 Å². The van der Waals surface area contributed by atoms with Crippen molar-refractivity contribution < 1.29 is 9.90 Å². The molecule has 0 spiro atoms. The number of aryl methyl sites for hydroxylation is 1. The highest BCUT2D eigenvalue weighted by molar-refractivity contribution is 7.98. The Balaban J connectivity index is 1.61. The van der Waals surface area contributed by atoms with E-state index in [-0.39, 0.29) is 5.56 Å². The van der Waals surface area contributed by atoms with Gasteiger partial charge in [-0.1, -0.05) is 96.2 Å². The molecule has 150 valence electrons. The molecule has 0 amide bonds. The van der Waals surface area contributed by atoms with Crippen LogP contribution < -0.4 is 5.11 Å². The van der Waals surface area contributed by atoms with Gasteiger partial charge >= 0.3 is 0 Å². The first-order chi connectivity index (χ1) is 14.6. The Kier molecular flexibility index (Phi) is 5.95. The number of carboxylic acid groups (broad SMARTS) is 1. The van der Waals surface area contributed by atoms with Crippen LogP contribution in [0.1, 0.15) is 27.0 Å². The zero-order valence-electron chi connectivity index (χ0n) is 16.5. The van der Waals surface area contributed by atoms with Crippen LogP contribution in [0.3, 0.4) is 0 Å². The van der Waals surface area contributed by atoms with Crippen molar-refractivity contribution in [2.24, 2.45) is 0 Å². The lowest BCUT2D eigenvalue weighted by Gasteiger charge is -2.11. The molecule has 0 aliphatic rings. The third-order valence-electron chi connectivity index (χ3n) is 4.77. The number of benzene rings is 3. The zero-order chi connectivity index (χ0) is 20.9. The molecule has 0 N–H and O–H groups in total. The fourth-order valence-electron chi connectivity index (χ4n) is 3.11. The summed E-state index contributed by atoms with van der Waals surface area (Å²) in [6.45, 7) is 2.73. The SMILES string of the molecule is Cc1ccc(-c2nnc(SCc3ccc(C(=O)[O-])cc3)n2Cc2ccccc2)cc1. The summed E-state index contributed by atoms with van der Waals surface area (Å²) in [6, 6.07) is 25.2. The van der Waals surface area contributed by atoms with Crippen LogP contribution in [0, 0.1) is 6.92 Å². The highest BCUT2D eigenvalue weighted by atomic mass is 32.2. The second kappa shape index (κ2) is 8.97. The predicted octanol–water partition coefficient (Wildman–Crippen LogP) is 3.96. The molecule has 0 atom stereocenters. The molecule has 0 aliphatic carbocycles. The number of carboxylic acids is 1. The molecule has 1 heterocycles. The largest absolute Gasteiger partial charge is 0.545 e. The number of rotatable bonds is 7. The average Bonchev–Trinajstić information content (AvgIpc) is 3.16. The maximum absolute atomic E-state index is 10.9. The summed E-state index contributed by atoms with van der Waals surface area (Å²) < 4.78 is 2.13. The van der Waals surface area contributed by atoms with Crippen LogP contribution >= 0.6 is 11.8 Å². The first-order valence-corrected chi connectivity index (χ1v) is 10.6. The molecule has 0 radical (unpaired) electrons. The molecule has 1 aromatic heterocycles. The van der Waals surface area contributed by atoms with E-state index in [2.05, 4.69) is 58.1 Å². The number of nitrogens with zero attached hydrogens (tertiary/aromatic N) is 3. The van der Waals surface area contributed by atoms with Gasteiger partial charge in [0.25, 0.3) is 0 Å². The molecule has 0 aliphatic heterocycles. The standard InChI is InChI=1S/C24H21N3O2S/c1-17-7-11-20(12-8-17)22-25-26-24(27(22)15-18-5-3-2-4-6-18)30-16-19-9-13-21(14-10-19)23(28)29/h2-14H,15-16H2,1H3,(H,28,29)/p-1. The molecule has 6 heteroatoms. The van der Waals surface area contributed by atoms with E-state index in [1.165, 1.54) is 11.1 Å². The predicted molar refractivity (Wildman–Crippen MR) is 116 cm³/mol. The molecule has 0 unspecified atom stereocenters. The lowest BCUT2D eigenvalue weighted by Crippen LogP contribution is -2.21. The fraction of sp³-hybridized carbons (Fsp3) is 0.125. The number of carbonyl (C=O) groups is 1. The summed E-state index contributed by atoms with van der Waals surface area (Å²) in [5.74, 6) is 0.321. The topological polar surface area (TPSA) is 70.8 Å². The summed E-state index contributed by atoms with van der Waals surface area (Å²) in [4.78, 5) is 10.9. The molecule has 30 heavy (non-hydrogen) atoms. The number of thioether (sulfide) groups is 1. The normalized spacial score (nSPS) is 10.8. The van der Waals surface area contributed by atoms with Crippen LogP contribution in [0.5, 0.6) is 0 Å². The zero-order valence-corrected chi connectivity index (χ0v) is 17.3. The van der Waals surface area contributed by atoms with Gasteiger partial charge in [0.2, 0.25) is 0 Å². The van der Waals surface area contributed by atoms with Gasteiger partial charge in [-0.15, -0.1) is 10.2 Å². The Bertz CT molecular complexity index is 1140. The van der Waals surface area contributed by atoms with Crippen LogP contribution in [-0.4, -0.2) is 20.7 Å². The molecule has 0 saturated carbocycles. The van der Waals surface area contributed by atoms with E-state index in [1.807, 2.05) is 18.2 Å². The van der Waals surface area contributed by atoms with E-state index in [1.54, 1.807) is 36.0 Å². The second-order valence-electron chi connectivity index (χ2n) is 7.02. The second-order valence-corrected chi connectivity index (χ2v) is 7.96. The molecule has 0 saturated heterocycles. The lowest BCUT2D eigenvalue weighted by molar-refractivity contribution is -0.255. The summed E-state index contributed by atoms with van der Waals surface area (Å²) in [6.07, 6.45) is 0. The van der Waals surface area contributed by atoms with Gasteiger partial charge in [-0.25, -0.2) is 0 Å². The number of hydrogen-bond acceptors (Lipinski definition) is 5. The van der Waals surface area contributed by atoms with E-state index in [4.69, 9.17) is 0 Å². The Morgan fingerprint density at radius 3 is 2.27 bits per heavy atom. The fourth-order valence-corrected chi connectivity index (χ4v) is 4.00. The average molecular weight is 415 g/mol. The Morgan fingerprint density at radius 1 is 0.900 bits per heavy atom. The molecule has 0 bridgehead atoms. The molecule has 5 nitrogen and oxygen atoms in total. The lowest BCUT2D eigenvalue weighted by atomic mass is 10.1. The van der Waals surface area contributed by atoms with Crippen LogP contribution in [0.15, 0.2) is 84.0 Å². The number of aromatic nitrogens is 3. The van der Waals surface area contributed by atoms with Crippen molar-refractivity contribution >= 4 is 17.7 Å². The Morgan fingerprint density at radius 2 is 1.60 bits per heavy atom. The van der Waals surface area contributed by atoms with E-state index in [0.717, 1.165) is 22.1 Å². The summed E-state index contributed by atoms with van der Waals surface area (Å²) >= 11 is 1.58. The smallest absolute Gasteiger partial charge is 0.192 e. The van der Waals surface area contributed by atoms with Crippen molar-refractivity contribution in [1.82, 2.24) is 14.8 Å². The highest BCUT2D eigenvalue weighted by Gasteiger charge is 2.15. The van der Waals surface area contributed by atoms with Gasteiger partial charge in [-0.2, -0.15) is 0 Å². The van der Waals surface area contributed by atoms with E-state index < -0.39 is 5.97 Å². The minimum absolute atomic E-state index is 0.178. The van der Waals surface area contributed by atoms with Crippen LogP contribution in [0.4, 0.5) is 0 Å². The Hall–Kier alpha value is -3.38. The van der Waals surface area contributed by atoms with Crippen molar-refractivity contribution in [3.63, 3.8) is 0 Å².